The molecule has 1 heterocycles. The van der Waals surface area contributed by atoms with E-state index in [1.807, 2.05) is 0 Å². The van der Waals surface area contributed by atoms with Crippen LogP contribution in [-0.2, 0) is 4.79 Å². The van der Waals surface area contributed by atoms with Gasteiger partial charge in [-0.2, -0.15) is 0 Å². The minimum atomic E-state index is -1.05. The van der Waals surface area contributed by atoms with Gasteiger partial charge in [0.2, 0.25) is 0 Å². The first-order chi connectivity index (χ1) is 8.58. The maximum atomic E-state index is 10.8. The van der Waals surface area contributed by atoms with E-state index in [0.29, 0.717) is 22.0 Å². The fourth-order valence-electron chi connectivity index (χ4n) is 1.40. The monoisotopic (exact) mass is 267 g/mol. The fourth-order valence-corrected chi connectivity index (χ4v) is 1.57. The predicted molar refractivity (Wildman–Crippen MR) is 64.7 cm³/mol. The van der Waals surface area contributed by atoms with Crippen molar-refractivity contribution in [3.05, 3.63) is 35.6 Å². The summed E-state index contributed by atoms with van der Waals surface area (Å²) in [5.41, 5.74) is 1.12. The maximum Gasteiger partial charge on any atom is 0.344 e. The van der Waals surface area contributed by atoms with E-state index < -0.39 is 12.1 Å². The van der Waals surface area contributed by atoms with Gasteiger partial charge in [-0.3, -0.25) is 0 Å². The minimum absolute atomic E-state index is 0.392. The van der Waals surface area contributed by atoms with Crippen molar-refractivity contribution >= 4 is 17.6 Å². The number of carboxylic acids is 1. The van der Waals surface area contributed by atoms with Crippen molar-refractivity contribution in [2.45, 2.75) is 13.0 Å². The Bertz CT molecular complexity index is 553. The Morgan fingerprint density at radius 3 is 2.89 bits per heavy atom. The third kappa shape index (κ3) is 2.62. The molecule has 2 rings (SSSR count). The van der Waals surface area contributed by atoms with E-state index in [0.717, 1.165) is 0 Å². The lowest BCUT2D eigenvalue weighted by atomic mass is 10.1. The largest absolute Gasteiger partial charge is 0.479 e. The van der Waals surface area contributed by atoms with Crippen molar-refractivity contribution in [3.8, 4) is 17.0 Å². The fraction of sp³-hybridized carbons (Fsp3) is 0.167. The summed E-state index contributed by atoms with van der Waals surface area (Å²) in [6.45, 7) is 1.45. The van der Waals surface area contributed by atoms with E-state index in [9.17, 15) is 4.79 Å². The smallest absolute Gasteiger partial charge is 0.344 e. The first-order valence-corrected chi connectivity index (χ1v) is 5.55. The Morgan fingerprint density at radius 2 is 2.28 bits per heavy atom. The molecule has 6 heteroatoms. The SMILES string of the molecule is C[C@H](Oc1ccc(Cl)cc1-c1ccon1)C(=O)O. The van der Waals surface area contributed by atoms with E-state index in [4.69, 9.17) is 26.0 Å². The third-order valence-electron chi connectivity index (χ3n) is 2.31. The molecule has 1 atom stereocenters. The number of hydrogen-bond donors (Lipinski definition) is 1. The zero-order chi connectivity index (χ0) is 13.1. The molecule has 0 aliphatic rings. The van der Waals surface area contributed by atoms with E-state index in [-0.39, 0.29) is 0 Å². The van der Waals surface area contributed by atoms with Crippen LogP contribution < -0.4 is 4.74 Å². The molecule has 0 spiro atoms. The second kappa shape index (κ2) is 5.10. The van der Waals surface area contributed by atoms with Gasteiger partial charge in [-0.15, -0.1) is 0 Å². The quantitative estimate of drug-likeness (QED) is 0.922. The van der Waals surface area contributed by atoms with Gasteiger partial charge in [0.05, 0.1) is 0 Å². The standard InChI is InChI=1S/C12H10ClNO4/c1-7(12(15)16)18-11-3-2-8(13)6-9(11)10-4-5-17-14-10/h2-7H,1H3,(H,15,16)/t7-/m0/s1. The summed E-state index contributed by atoms with van der Waals surface area (Å²) < 4.78 is 10.1. The number of halogens is 1. The van der Waals surface area contributed by atoms with Gasteiger partial charge < -0.3 is 14.4 Å². The molecular formula is C12H10ClNO4. The molecule has 5 nitrogen and oxygen atoms in total. The molecule has 0 radical (unpaired) electrons. The van der Waals surface area contributed by atoms with Gasteiger partial charge in [-0.1, -0.05) is 16.8 Å². The van der Waals surface area contributed by atoms with Crippen LogP contribution in [0, 0.1) is 0 Å². The molecule has 18 heavy (non-hydrogen) atoms. The topological polar surface area (TPSA) is 72.6 Å². The van der Waals surface area contributed by atoms with Crippen LogP contribution >= 0.6 is 11.6 Å². The number of benzene rings is 1. The van der Waals surface area contributed by atoms with Crippen molar-refractivity contribution < 1.29 is 19.2 Å². The van der Waals surface area contributed by atoms with Gasteiger partial charge in [0, 0.05) is 16.7 Å². The molecule has 0 saturated carbocycles. The highest BCUT2D eigenvalue weighted by molar-refractivity contribution is 6.30. The average Bonchev–Trinajstić information content (AvgIpc) is 2.84. The Balaban J connectivity index is 2.38. The summed E-state index contributed by atoms with van der Waals surface area (Å²) in [4.78, 5) is 10.8. The summed E-state index contributed by atoms with van der Waals surface area (Å²) in [5, 5.41) is 13.1. The van der Waals surface area contributed by atoms with Gasteiger partial charge in [0.25, 0.3) is 0 Å². The second-order valence-electron chi connectivity index (χ2n) is 3.62. The van der Waals surface area contributed by atoms with E-state index in [1.165, 1.54) is 13.2 Å². The van der Waals surface area contributed by atoms with Crippen molar-refractivity contribution in [1.82, 2.24) is 5.16 Å². The number of rotatable bonds is 4. The molecule has 0 aliphatic carbocycles. The van der Waals surface area contributed by atoms with Crippen molar-refractivity contribution in [3.63, 3.8) is 0 Å². The number of hydrogen-bond acceptors (Lipinski definition) is 4. The minimum Gasteiger partial charge on any atom is -0.479 e. The van der Waals surface area contributed by atoms with Crippen LogP contribution in [0.4, 0.5) is 0 Å². The summed E-state index contributed by atoms with van der Waals surface area (Å²) >= 11 is 5.90. The highest BCUT2D eigenvalue weighted by Gasteiger charge is 2.17. The molecule has 0 aliphatic heterocycles. The van der Waals surface area contributed by atoms with E-state index in [2.05, 4.69) is 5.16 Å². The van der Waals surface area contributed by atoms with Gasteiger partial charge in [-0.25, -0.2) is 4.79 Å². The van der Waals surface area contributed by atoms with Crippen LogP contribution in [0.1, 0.15) is 6.92 Å². The molecule has 0 unspecified atom stereocenters. The lowest BCUT2D eigenvalue weighted by molar-refractivity contribution is -0.144. The van der Waals surface area contributed by atoms with Crippen molar-refractivity contribution in [1.29, 1.82) is 0 Å². The van der Waals surface area contributed by atoms with Crippen LogP contribution in [0.5, 0.6) is 5.75 Å². The molecule has 1 aromatic carbocycles. The molecule has 1 N–H and O–H groups in total. The Kier molecular flexibility index (Phi) is 3.53. The number of nitrogens with zero attached hydrogens (tertiary/aromatic N) is 1. The van der Waals surface area contributed by atoms with Gasteiger partial charge in [0.15, 0.2) is 6.10 Å². The molecule has 0 fully saturated rings. The van der Waals surface area contributed by atoms with Gasteiger partial charge in [0.1, 0.15) is 17.7 Å². The molecule has 1 aromatic heterocycles. The van der Waals surface area contributed by atoms with Gasteiger partial charge >= 0.3 is 5.97 Å². The molecule has 0 amide bonds. The van der Waals surface area contributed by atoms with Gasteiger partial charge in [-0.05, 0) is 25.1 Å². The van der Waals surface area contributed by atoms with Crippen molar-refractivity contribution in [2.24, 2.45) is 0 Å². The van der Waals surface area contributed by atoms with Crippen LogP contribution in [-0.4, -0.2) is 22.3 Å². The summed E-state index contributed by atoms with van der Waals surface area (Å²) in [6, 6.07) is 6.51. The number of carbonyl (C=O) groups is 1. The highest BCUT2D eigenvalue weighted by atomic mass is 35.5. The Labute approximate surface area is 108 Å². The zero-order valence-electron chi connectivity index (χ0n) is 9.46. The van der Waals surface area contributed by atoms with Crippen LogP contribution in [0.3, 0.4) is 0 Å². The number of carboxylic acid groups (broad SMARTS) is 1. The zero-order valence-corrected chi connectivity index (χ0v) is 10.2. The van der Waals surface area contributed by atoms with E-state index in [1.54, 1.807) is 24.3 Å². The molecule has 2 aromatic rings. The maximum absolute atomic E-state index is 10.8. The number of ether oxygens (including phenoxy) is 1. The molecule has 0 saturated heterocycles. The normalized spacial score (nSPS) is 12.1. The first kappa shape index (κ1) is 12.4. The van der Waals surface area contributed by atoms with Crippen LogP contribution in [0.15, 0.2) is 35.1 Å². The number of aliphatic carboxylic acids is 1. The molecule has 94 valence electrons. The first-order valence-electron chi connectivity index (χ1n) is 5.17. The number of aromatic nitrogens is 1. The second-order valence-corrected chi connectivity index (χ2v) is 4.06. The predicted octanol–water partition coefficient (Wildman–Crippen LogP) is 2.85. The van der Waals surface area contributed by atoms with Crippen molar-refractivity contribution in [2.75, 3.05) is 0 Å². The summed E-state index contributed by atoms with van der Waals surface area (Å²) in [6.07, 6.45) is 0.456. The summed E-state index contributed by atoms with van der Waals surface area (Å²) in [5.74, 6) is -0.653. The molecular weight excluding hydrogens is 258 g/mol. The Hall–Kier alpha value is -2.01. The highest BCUT2D eigenvalue weighted by Crippen LogP contribution is 2.32. The molecule has 0 bridgehead atoms. The van der Waals surface area contributed by atoms with Crippen LogP contribution in [0.2, 0.25) is 5.02 Å². The third-order valence-corrected chi connectivity index (χ3v) is 2.54. The Morgan fingerprint density at radius 1 is 1.50 bits per heavy atom. The van der Waals surface area contributed by atoms with E-state index >= 15 is 0 Å². The lowest BCUT2D eigenvalue weighted by Crippen LogP contribution is -2.23. The lowest BCUT2D eigenvalue weighted by Gasteiger charge is -2.13. The average molecular weight is 268 g/mol. The summed E-state index contributed by atoms with van der Waals surface area (Å²) in [7, 11) is 0. The van der Waals surface area contributed by atoms with Crippen LogP contribution in [0.25, 0.3) is 11.3 Å².